The zero-order chi connectivity index (χ0) is 21.3. The van der Waals surface area contributed by atoms with E-state index in [1.54, 1.807) is 10.6 Å². The lowest BCUT2D eigenvalue weighted by Gasteiger charge is -2.18. The number of nitrogens with one attached hydrogen (secondary N) is 2. The molecule has 0 unspecified atom stereocenters. The number of carbonyl (C=O) groups excluding carboxylic acids is 1. The summed E-state index contributed by atoms with van der Waals surface area (Å²) in [6.07, 6.45) is 2.14. The van der Waals surface area contributed by atoms with Crippen molar-refractivity contribution in [3.63, 3.8) is 0 Å². The number of amides is 1. The van der Waals surface area contributed by atoms with Gasteiger partial charge in [-0.2, -0.15) is 0 Å². The molecule has 1 heterocycles. The van der Waals surface area contributed by atoms with Crippen LogP contribution in [0.2, 0.25) is 0 Å². The highest BCUT2D eigenvalue weighted by Crippen LogP contribution is 2.36. The quantitative estimate of drug-likeness (QED) is 0.425. The first-order chi connectivity index (χ1) is 13.6. The van der Waals surface area contributed by atoms with Gasteiger partial charge >= 0.3 is 0 Å². The average molecular weight is 397 g/mol. The maximum absolute atomic E-state index is 13.5. The molecule has 1 aliphatic carbocycles. The number of aliphatic imine (C=N–C) groups is 1. The standard InChI is InChI=1S/C22H28FN5O/c1-13(2)19(14(3)20(24-5)27-22(4)9-10-22)21(29)25-12-18-26-16-8-7-15(23)11-17(16)28(18)6/h7-8,11,27H,5,9-10,12H2,1-4,6H3,(H,25,29)/b20-14-. The summed E-state index contributed by atoms with van der Waals surface area (Å²) in [5, 5.41) is 6.33. The molecule has 0 spiro atoms. The van der Waals surface area contributed by atoms with E-state index in [1.807, 2.05) is 27.8 Å². The summed E-state index contributed by atoms with van der Waals surface area (Å²) in [5.74, 6) is 0.767. The van der Waals surface area contributed by atoms with Gasteiger partial charge in [-0.15, -0.1) is 0 Å². The molecule has 154 valence electrons. The number of hydrogen-bond donors (Lipinski definition) is 2. The Hall–Kier alpha value is -2.96. The number of benzene rings is 1. The molecule has 1 amide bonds. The van der Waals surface area contributed by atoms with Crippen LogP contribution in [-0.4, -0.2) is 27.7 Å². The first-order valence-corrected chi connectivity index (χ1v) is 9.68. The highest BCUT2D eigenvalue weighted by atomic mass is 19.1. The third-order valence-corrected chi connectivity index (χ3v) is 5.38. The summed E-state index contributed by atoms with van der Waals surface area (Å²) in [5.41, 5.74) is 3.63. The molecule has 6 nitrogen and oxygen atoms in total. The molecule has 2 aromatic rings. The van der Waals surface area contributed by atoms with Crippen LogP contribution in [-0.2, 0) is 18.4 Å². The minimum absolute atomic E-state index is 0.0311. The maximum Gasteiger partial charge on any atom is 0.251 e. The van der Waals surface area contributed by atoms with Crippen LogP contribution in [0.1, 0.15) is 46.4 Å². The van der Waals surface area contributed by atoms with Crippen molar-refractivity contribution < 1.29 is 9.18 Å². The molecule has 2 N–H and O–H groups in total. The van der Waals surface area contributed by atoms with Gasteiger partial charge in [0.25, 0.3) is 5.91 Å². The Kier molecular flexibility index (Phi) is 5.59. The fourth-order valence-electron chi connectivity index (χ4n) is 3.36. The van der Waals surface area contributed by atoms with Crippen molar-refractivity contribution in [1.29, 1.82) is 0 Å². The predicted molar refractivity (Wildman–Crippen MR) is 114 cm³/mol. The summed E-state index contributed by atoms with van der Waals surface area (Å²) in [6, 6.07) is 4.45. The lowest BCUT2D eigenvalue weighted by Crippen LogP contribution is -2.30. The number of carbonyl (C=O) groups is 1. The molecule has 0 saturated heterocycles. The first-order valence-electron chi connectivity index (χ1n) is 9.68. The van der Waals surface area contributed by atoms with Crippen molar-refractivity contribution >= 4 is 23.7 Å². The normalized spacial score (nSPS) is 15.5. The van der Waals surface area contributed by atoms with Crippen molar-refractivity contribution in [2.75, 3.05) is 0 Å². The maximum atomic E-state index is 13.5. The van der Waals surface area contributed by atoms with Gasteiger partial charge in [0.05, 0.1) is 17.6 Å². The minimum atomic E-state index is -0.315. The Morgan fingerprint density at radius 2 is 2.03 bits per heavy atom. The number of aromatic nitrogens is 2. The number of imidazole rings is 1. The van der Waals surface area contributed by atoms with E-state index in [2.05, 4.69) is 34.3 Å². The van der Waals surface area contributed by atoms with Gasteiger partial charge in [0, 0.05) is 23.7 Å². The molecular formula is C22H28FN5O. The number of fused-ring (bicyclic) bond motifs is 1. The second kappa shape index (κ2) is 7.81. The molecule has 0 aliphatic heterocycles. The number of allylic oxidation sites excluding steroid dienone is 1. The topological polar surface area (TPSA) is 71.3 Å². The SMILES string of the molecule is C=N/C(NC1(C)CC1)=C(\C)C(C(=O)NCc1nc2ccc(F)cc2n1C)=C(C)C. The van der Waals surface area contributed by atoms with Crippen molar-refractivity contribution in [1.82, 2.24) is 20.2 Å². The summed E-state index contributed by atoms with van der Waals surface area (Å²) < 4.78 is 15.3. The van der Waals surface area contributed by atoms with Gasteiger partial charge in [-0.3, -0.25) is 4.79 Å². The highest BCUT2D eigenvalue weighted by Gasteiger charge is 2.38. The Morgan fingerprint density at radius 1 is 1.34 bits per heavy atom. The summed E-state index contributed by atoms with van der Waals surface area (Å²) >= 11 is 0. The molecule has 0 radical (unpaired) electrons. The molecule has 1 saturated carbocycles. The van der Waals surface area contributed by atoms with Gasteiger partial charge in [-0.05, 0) is 65.5 Å². The summed E-state index contributed by atoms with van der Waals surface area (Å²) in [6.45, 7) is 11.7. The molecule has 1 aromatic heterocycles. The molecule has 1 aliphatic rings. The van der Waals surface area contributed by atoms with E-state index in [-0.39, 0.29) is 23.8 Å². The molecule has 1 fully saturated rings. The van der Waals surface area contributed by atoms with E-state index >= 15 is 0 Å². The summed E-state index contributed by atoms with van der Waals surface area (Å²) in [4.78, 5) is 21.6. The van der Waals surface area contributed by atoms with Crippen LogP contribution < -0.4 is 10.6 Å². The first kappa shape index (κ1) is 20.8. The van der Waals surface area contributed by atoms with E-state index < -0.39 is 0 Å². The van der Waals surface area contributed by atoms with Gasteiger partial charge in [-0.1, -0.05) is 5.57 Å². The Bertz CT molecular complexity index is 1040. The van der Waals surface area contributed by atoms with Crippen LogP contribution in [0.25, 0.3) is 11.0 Å². The number of aryl methyl sites for hydroxylation is 1. The molecule has 0 bridgehead atoms. The Labute approximate surface area is 170 Å². The molecule has 1 aromatic carbocycles. The second-order valence-electron chi connectivity index (χ2n) is 8.10. The third-order valence-electron chi connectivity index (χ3n) is 5.38. The van der Waals surface area contributed by atoms with Gasteiger partial charge in [-0.25, -0.2) is 14.4 Å². The van der Waals surface area contributed by atoms with E-state index in [0.717, 1.165) is 24.0 Å². The van der Waals surface area contributed by atoms with Crippen molar-refractivity contribution in [2.45, 2.75) is 52.6 Å². The number of rotatable bonds is 7. The minimum Gasteiger partial charge on any atom is -0.365 e. The lowest BCUT2D eigenvalue weighted by atomic mass is 10.0. The number of halogens is 1. The van der Waals surface area contributed by atoms with Crippen LogP contribution in [0.5, 0.6) is 0 Å². The van der Waals surface area contributed by atoms with Gasteiger partial charge in [0.15, 0.2) is 0 Å². The molecular weight excluding hydrogens is 369 g/mol. The monoisotopic (exact) mass is 397 g/mol. The largest absolute Gasteiger partial charge is 0.365 e. The number of hydrogen-bond acceptors (Lipinski definition) is 4. The van der Waals surface area contributed by atoms with Crippen molar-refractivity contribution in [2.24, 2.45) is 12.0 Å². The lowest BCUT2D eigenvalue weighted by molar-refractivity contribution is -0.117. The van der Waals surface area contributed by atoms with Crippen LogP contribution in [0, 0.1) is 5.82 Å². The average Bonchev–Trinajstić information content (AvgIpc) is 3.32. The smallest absolute Gasteiger partial charge is 0.251 e. The fraction of sp³-hybridized carbons (Fsp3) is 0.409. The van der Waals surface area contributed by atoms with Gasteiger partial charge < -0.3 is 15.2 Å². The zero-order valence-electron chi connectivity index (χ0n) is 17.7. The van der Waals surface area contributed by atoms with Crippen molar-refractivity contribution in [3.8, 4) is 0 Å². The van der Waals surface area contributed by atoms with E-state index in [4.69, 9.17) is 0 Å². The van der Waals surface area contributed by atoms with Gasteiger partial charge in [0.2, 0.25) is 0 Å². The van der Waals surface area contributed by atoms with E-state index in [1.165, 1.54) is 12.1 Å². The third kappa shape index (κ3) is 4.39. The van der Waals surface area contributed by atoms with Gasteiger partial charge in [0.1, 0.15) is 17.5 Å². The number of nitrogens with zero attached hydrogens (tertiary/aromatic N) is 3. The van der Waals surface area contributed by atoms with Crippen LogP contribution in [0.3, 0.4) is 0 Å². The van der Waals surface area contributed by atoms with E-state index in [9.17, 15) is 9.18 Å². The zero-order valence-corrected chi connectivity index (χ0v) is 17.7. The predicted octanol–water partition coefficient (Wildman–Crippen LogP) is 3.74. The highest BCUT2D eigenvalue weighted by molar-refractivity contribution is 5.98. The molecule has 0 atom stereocenters. The van der Waals surface area contributed by atoms with Crippen LogP contribution in [0.15, 0.2) is 45.7 Å². The van der Waals surface area contributed by atoms with Crippen molar-refractivity contribution in [3.05, 3.63) is 52.4 Å². The molecule has 29 heavy (non-hydrogen) atoms. The van der Waals surface area contributed by atoms with Crippen LogP contribution in [0.4, 0.5) is 4.39 Å². The molecule has 7 heteroatoms. The molecule has 3 rings (SSSR count). The Morgan fingerprint density at radius 3 is 2.62 bits per heavy atom. The van der Waals surface area contributed by atoms with Crippen LogP contribution >= 0.6 is 0 Å². The second-order valence-corrected chi connectivity index (χ2v) is 8.10. The Balaban J connectivity index is 1.81. The fourth-order valence-corrected chi connectivity index (χ4v) is 3.36. The summed E-state index contributed by atoms with van der Waals surface area (Å²) in [7, 11) is 1.81. The van der Waals surface area contributed by atoms with E-state index in [0.29, 0.717) is 28.3 Å².